The molecular formula is C24H24N2O5S. The third kappa shape index (κ3) is 6.42. The smallest absolute Gasteiger partial charge is 0.339 e. The molecule has 0 fully saturated rings. The Bertz CT molecular complexity index is 1220. The summed E-state index contributed by atoms with van der Waals surface area (Å²) in [6.45, 7) is 3.85. The molecule has 7 nitrogen and oxygen atoms in total. The van der Waals surface area contributed by atoms with Gasteiger partial charge in [-0.25, -0.2) is 13.2 Å². The summed E-state index contributed by atoms with van der Waals surface area (Å²) in [5.41, 5.74) is 3.42. The van der Waals surface area contributed by atoms with Gasteiger partial charge in [-0.1, -0.05) is 42.5 Å². The normalized spacial score (nSPS) is 12.0. The molecule has 0 saturated heterocycles. The summed E-state index contributed by atoms with van der Waals surface area (Å²) >= 11 is 0. The zero-order chi connectivity index (χ0) is 23.3. The molecule has 0 spiro atoms. The van der Waals surface area contributed by atoms with Gasteiger partial charge in [0.1, 0.15) is 0 Å². The van der Waals surface area contributed by atoms with E-state index >= 15 is 0 Å². The van der Waals surface area contributed by atoms with Crippen LogP contribution in [0, 0.1) is 13.8 Å². The second kappa shape index (κ2) is 9.65. The molecule has 0 radical (unpaired) electrons. The highest BCUT2D eigenvalue weighted by Crippen LogP contribution is 2.23. The number of benzene rings is 3. The van der Waals surface area contributed by atoms with E-state index in [0.29, 0.717) is 11.3 Å². The van der Waals surface area contributed by atoms with E-state index in [2.05, 4.69) is 10.0 Å². The first-order valence-corrected chi connectivity index (χ1v) is 11.7. The van der Waals surface area contributed by atoms with E-state index in [1.807, 2.05) is 32.0 Å². The number of sulfonamides is 1. The van der Waals surface area contributed by atoms with Crippen molar-refractivity contribution in [2.45, 2.75) is 20.0 Å². The second-order valence-electron chi connectivity index (χ2n) is 7.52. The van der Waals surface area contributed by atoms with Crippen LogP contribution in [0.3, 0.4) is 0 Å². The van der Waals surface area contributed by atoms with Crippen molar-refractivity contribution in [3.05, 3.63) is 95.1 Å². The molecule has 32 heavy (non-hydrogen) atoms. The summed E-state index contributed by atoms with van der Waals surface area (Å²) in [7, 11) is -3.51. The van der Waals surface area contributed by atoms with E-state index in [4.69, 9.17) is 4.74 Å². The fourth-order valence-corrected chi connectivity index (χ4v) is 3.81. The lowest BCUT2D eigenvalue weighted by Gasteiger charge is -2.19. The maximum Gasteiger partial charge on any atom is 0.339 e. The van der Waals surface area contributed by atoms with Crippen molar-refractivity contribution in [3.8, 4) is 0 Å². The van der Waals surface area contributed by atoms with E-state index in [-0.39, 0.29) is 11.3 Å². The molecule has 0 saturated carbocycles. The van der Waals surface area contributed by atoms with Crippen LogP contribution in [0.4, 0.5) is 11.4 Å². The minimum atomic E-state index is -3.51. The van der Waals surface area contributed by atoms with Crippen molar-refractivity contribution in [1.29, 1.82) is 0 Å². The average molecular weight is 453 g/mol. The second-order valence-corrected chi connectivity index (χ2v) is 9.27. The number of aryl methyl sites for hydroxylation is 2. The van der Waals surface area contributed by atoms with Crippen molar-refractivity contribution in [2.75, 3.05) is 16.3 Å². The van der Waals surface area contributed by atoms with Crippen molar-refractivity contribution >= 4 is 33.3 Å². The van der Waals surface area contributed by atoms with E-state index in [0.717, 1.165) is 17.4 Å². The molecule has 0 aliphatic carbocycles. The molecule has 166 valence electrons. The Morgan fingerprint density at radius 1 is 0.844 bits per heavy atom. The van der Waals surface area contributed by atoms with Crippen LogP contribution in [0.25, 0.3) is 0 Å². The minimum Gasteiger partial charge on any atom is -0.444 e. The molecule has 0 heterocycles. The fraction of sp³-hybridized carbons (Fsp3) is 0.167. The SMILES string of the molecule is Cc1cc(C)cc(NC(=O)C(OC(=O)c2cccc(NS(C)(=O)=O)c2)c2ccccc2)c1. The molecule has 1 amide bonds. The van der Waals surface area contributed by atoms with Crippen molar-refractivity contribution < 1.29 is 22.7 Å². The molecule has 1 atom stereocenters. The Hall–Kier alpha value is -3.65. The predicted molar refractivity (Wildman–Crippen MR) is 124 cm³/mol. The lowest BCUT2D eigenvalue weighted by atomic mass is 10.1. The van der Waals surface area contributed by atoms with Gasteiger partial charge in [-0.2, -0.15) is 0 Å². The molecule has 1 unspecified atom stereocenters. The van der Waals surface area contributed by atoms with Crippen LogP contribution in [-0.4, -0.2) is 26.6 Å². The fourth-order valence-electron chi connectivity index (χ4n) is 3.25. The highest BCUT2D eigenvalue weighted by Gasteiger charge is 2.26. The van der Waals surface area contributed by atoms with Gasteiger partial charge in [0.05, 0.1) is 11.8 Å². The number of anilines is 2. The monoisotopic (exact) mass is 452 g/mol. The first-order chi connectivity index (χ1) is 15.1. The van der Waals surface area contributed by atoms with E-state index in [9.17, 15) is 18.0 Å². The van der Waals surface area contributed by atoms with E-state index < -0.39 is 28.0 Å². The number of hydrogen-bond acceptors (Lipinski definition) is 5. The minimum absolute atomic E-state index is 0.110. The zero-order valence-corrected chi connectivity index (χ0v) is 18.8. The van der Waals surface area contributed by atoms with Crippen molar-refractivity contribution in [3.63, 3.8) is 0 Å². The maximum absolute atomic E-state index is 13.1. The Kier molecular flexibility index (Phi) is 6.95. The third-order valence-electron chi connectivity index (χ3n) is 4.46. The largest absolute Gasteiger partial charge is 0.444 e. The van der Waals surface area contributed by atoms with Crippen LogP contribution in [0.1, 0.15) is 33.2 Å². The van der Waals surface area contributed by atoms with Crippen LogP contribution in [0.5, 0.6) is 0 Å². The molecule has 3 rings (SSSR count). The Morgan fingerprint density at radius 3 is 2.12 bits per heavy atom. The Morgan fingerprint density at radius 2 is 1.50 bits per heavy atom. The number of ether oxygens (including phenoxy) is 1. The topological polar surface area (TPSA) is 102 Å². The van der Waals surface area contributed by atoms with Gasteiger partial charge in [0, 0.05) is 16.9 Å². The van der Waals surface area contributed by atoms with Crippen molar-refractivity contribution in [2.24, 2.45) is 0 Å². The van der Waals surface area contributed by atoms with Gasteiger partial charge in [0.15, 0.2) is 0 Å². The summed E-state index contributed by atoms with van der Waals surface area (Å²) in [6.07, 6.45) is -0.183. The first-order valence-electron chi connectivity index (χ1n) is 9.84. The molecule has 8 heteroatoms. The number of nitrogens with one attached hydrogen (secondary N) is 2. The molecular weight excluding hydrogens is 428 g/mol. The van der Waals surface area contributed by atoms with Gasteiger partial charge < -0.3 is 10.1 Å². The van der Waals surface area contributed by atoms with Crippen LogP contribution in [-0.2, 0) is 19.6 Å². The highest BCUT2D eigenvalue weighted by atomic mass is 32.2. The van der Waals surface area contributed by atoms with Gasteiger partial charge in [-0.05, 0) is 55.3 Å². The van der Waals surface area contributed by atoms with Gasteiger partial charge in [-0.15, -0.1) is 0 Å². The van der Waals surface area contributed by atoms with Gasteiger partial charge in [0.2, 0.25) is 16.1 Å². The molecule has 2 N–H and O–H groups in total. The first kappa shape index (κ1) is 23.0. The number of carbonyl (C=O) groups is 2. The Balaban J connectivity index is 1.86. The zero-order valence-electron chi connectivity index (χ0n) is 18.0. The highest BCUT2D eigenvalue weighted by molar-refractivity contribution is 7.92. The molecule has 0 bridgehead atoms. The van der Waals surface area contributed by atoms with Crippen LogP contribution >= 0.6 is 0 Å². The molecule has 0 aliphatic rings. The molecule has 0 aliphatic heterocycles. The lowest BCUT2D eigenvalue weighted by Crippen LogP contribution is -2.26. The Labute approximate surface area is 187 Å². The van der Waals surface area contributed by atoms with Crippen molar-refractivity contribution in [1.82, 2.24) is 0 Å². The summed E-state index contributed by atoms with van der Waals surface area (Å²) in [6, 6.07) is 20.2. The summed E-state index contributed by atoms with van der Waals surface area (Å²) in [4.78, 5) is 25.9. The third-order valence-corrected chi connectivity index (χ3v) is 5.06. The molecule has 3 aromatic rings. The van der Waals surface area contributed by atoms with Crippen LogP contribution in [0.2, 0.25) is 0 Å². The number of rotatable bonds is 7. The summed E-state index contributed by atoms with van der Waals surface area (Å²) < 4.78 is 30.8. The number of esters is 1. The molecule has 3 aromatic carbocycles. The summed E-state index contributed by atoms with van der Waals surface area (Å²) in [5, 5.41) is 2.81. The quantitative estimate of drug-likeness (QED) is 0.523. The number of amides is 1. The van der Waals surface area contributed by atoms with Gasteiger partial charge >= 0.3 is 5.97 Å². The van der Waals surface area contributed by atoms with Gasteiger partial charge in [0.25, 0.3) is 5.91 Å². The number of hydrogen-bond donors (Lipinski definition) is 2. The number of carbonyl (C=O) groups excluding carboxylic acids is 2. The summed E-state index contributed by atoms with van der Waals surface area (Å²) in [5.74, 6) is -1.26. The lowest BCUT2D eigenvalue weighted by molar-refractivity contribution is -0.125. The van der Waals surface area contributed by atoms with Gasteiger partial charge in [-0.3, -0.25) is 9.52 Å². The molecule has 0 aromatic heterocycles. The van der Waals surface area contributed by atoms with E-state index in [1.165, 1.54) is 24.3 Å². The van der Waals surface area contributed by atoms with Crippen LogP contribution < -0.4 is 10.0 Å². The average Bonchev–Trinajstić information content (AvgIpc) is 2.70. The predicted octanol–water partition coefficient (Wildman–Crippen LogP) is 4.21. The van der Waals surface area contributed by atoms with E-state index in [1.54, 1.807) is 30.3 Å². The maximum atomic E-state index is 13.1. The standard InChI is InChI=1S/C24H24N2O5S/c1-16-12-17(2)14-21(13-16)25-23(27)22(18-8-5-4-6-9-18)31-24(28)19-10-7-11-20(15-19)26-32(3,29)30/h4-15,22,26H,1-3H3,(H,25,27). The van der Waals surface area contributed by atoms with Crippen LogP contribution in [0.15, 0.2) is 72.8 Å².